The molecule has 11 heteroatoms. The lowest BCUT2D eigenvalue weighted by Crippen LogP contribution is -2.21. The highest BCUT2D eigenvalue weighted by atomic mass is 32.2. The summed E-state index contributed by atoms with van der Waals surface area (Å²) in [5.74, 6) is 0.852. The van der Waals surface area contributed by atoms with Crippen LogP contribution in [0.3, 0.4) is 0 Å². The number of oxazole rings is 1. The first-order valence-corrected chi connectivity index (χ1v) is 12.4. The van der Waals surface area contributed by atoms with Crippen LogP contribution in [0.5, 0.6) is 0 Å². The van der Waals surface area contributed by atoms with Gasteiger partial charge in [0.25, 0.3) is 10.0 Å². The second kappa shape index (κ2) is 8.49. The van der Waals surface area contributed by atoms with Crippen LogP contribution in [0.2, 0.25) is 0 Å². The third-order valence-electron chi connectivity index (χ3n) is 5.71. The number of fused-ring (bicyclic) bond motifs is 1. The van der Waals surface area contributed by atoms with Crippen LogP contribution in [0, 0.1) is 6.92 Å². The number of anilines is 4. The van der Waals surface area contributed by atoms with E-state index in [1.807, 2.05) is 13.0 Å². The van der Waals surface area contributed by atoms with Crippen molar-refractivity contribution < 1.29 is 12.8 Å². The zero-order valence-electron chi connectivity index (χ0n) is 18.8. The van der Waals surface area contributed by atoms with Crippen molar-refractivity contribution in [3.05, 3.63) is 64.8 Å². The SMILES string of the molecule is Cc1cc(Nc2ccc(NS(=O)(=O)c3ccc4oc(=O)n(C)c4c3)cc2)nc(N2CCCC2)n1. The van der Waals surface area contributed by atoms with Gasteiger partial charge in [0.2, 0.25) is 5.95 Å². The molecular weight excluding hydrogens is 456 g/mol. The highest BCUT2D eigenvalue weighted by molar-refractivity contribution is 7.92. The number of aryl methyl sites for hydroxylation is 2. The summed E-state index contributed by atoms with van der Waals surface area (Å²) in [7, 11) is -2.33. The Morgan fingerprint density at radius 1 is 0.971 bits per heavy atom. The Kier molecular flexibility index (Phi) is 5.48. The lowest BCUT2D eigenvalue weighted by molar-refractivity contribution is 0.528. The van der Waals surface area contributed by atoms with Gasteiger partial charge in [-0.1, -0.05) is 0 Å². The molecule has 0 saturated carbocycles. The first-order valence-electron chi connectivity index (χ1n) is 10.9. The van der Waals surface area contributed by atoms with E-state index in [0.717, 1.165) is 43.3 Å². The van der Waals surface area contributed by atoms with Gasteiger partial charge in [-0.3, -0.25) is 9.29 Å². The smallest absolute Gasteiger partial charge is 0.408 e. The molecule has 0 bridgehead atoms. The van der Waals surface area contributed by atoms with Crippen molar-refractivity contribution in [1.29, 1.82) is 0 Å². The fraction of sp³-hybridized carbons (Fsp3) is 0.261. The zero-order valence-corrected chi connectivity index (χ0v) is 19.6. The van der Waals surface area contributed by atoms with Gasteiger partial charge >= 0.3 is 5.76 Å². The maximum absolute atomic E-state index is 12.9. The van der Waals surface area contributed by atoms with Gasteiger partial charge in [0, 0.05) is 43.3 Å². The normalized spacial score (nSPS) is 14.0. The topological polar surface area (TPSA) is 122 Å². The van der Waals surface area contributed by atoms with E-state index in [4.69, 9.17) is 4.42 Å². The van der Waals surface area contributed by atoms with Gasteiger partial charge in [0.15, 0.2) is 5.58 Å². The van der Waals surface area contributed by atoms with Gasteiger partial charge in [-0.15, -0.1) is 0 Å². The molecule has 2 N–H and O–H groups in total. The predicted molar refractivity (Wildman–Crippen MR) is 130 cm³/mol. The van der Waals surface area contributed by atoms with Crippen molar-refractivity contribution >= 4 is 44.3 Å². The highest BCUT2D eigenvalue weighted by Crippen LogP contribution is 2.24. The summed E-state index contributed by atoms with van der Waals surface area (Å²) in [6, 6.07) is 13.0. The van der Waals surface area contributed by atoms with Crippen LogP contribution in [-0.2, 0) is 17.1 Å². The molecule has 0 radical (unpaired) electrons. The van der Waals surface area contributed by atoms with E-state index in [9.17, 15) is 13.2 Å². The first kappa shape index (κ1) is 22.0. The van der Waals surface area contributed by atoms with E-state index in [2.05, 4.69) is 24.9 Å². The third kappa shape index (κ3) is 4.34. The second-order valence-corrected chi connectivity index (χ2v) is 9.94. The molecule has 176 valence electrons. The number of nitrogens with one attached hydrogen (secondary N) is 2. The Bertz CT molecular complexity index is 1520. The molecule has 0 amide bonds. The van der Waals surface area contributed by atoms with Gasteiger partial charge in [-0.2, -0.15) is 4.98 Å². The Morgan fingerprint density at radius 3 is 2.41 bits per heavy atom. The molecule has 5 rings (SSSR count). The number of aromatic nitrogens is 3. The summed E-state index contributed by atoms with van der Waals surface area (Å²) in [6.07, 6.45) is 2.29. The molecule has 1 fully saturated rings. The van der Waals surface area contributed by atoms with Crippen LogP contribution in [-0.4, -0.2) is 36.0 Å². The van der Waals surface area contributed by atoms with Crippen LogP contribution in [0.1, 0.15) is 18.5 Å². The molecule has 0 unspecified atom stereocenters. The van der Waals surface area contributed by atoms with E-state index in [1.54, 1.807) is 24.3 Å². The zero-order chi connectivity index (χ0) is 23.9. The van der Waals surface area contributed by atoms with Crippen molar-refractivity contribution in [2.24, 2.45) is 7.05 Å². The molecule has 1 aliphatic rings. The summed E-state index contributed by atoms with van der Waals surface area (Å²) in [6.45, 7) is 3.85. The van der Waals surface area contributed by atoms with Crippen molar-refractivity contribution in [2.45, 2.75) is 24.7 Å². The van der Waals surface area contributed by atoms with Crippen LogP contribution < -0.4 is 20.7 Å². The van der Waals surface area contributed by atoms with Crippen LogP contribution in [0.4, 0.5) is 23.1 Å². The molecule has 0 aliphatic carbocycles. The Hall–Kier alpha value is -3.86. The van der Waals surface area contributed by atoms with Gasteiger partial charge in [-0.05, 0) is 62.2 Å². The van der Waals surface area contributed by atoms with E-state index in [1.165, 1.54) is 29.8 Å². The quantitative estimate of drug-likeness (QED) is 0.431. The van der Waals surface area contributed by atoms with E-state index in [-0.39, 0.29) is 4.90 Å². The Labute approximate surface area is 196 Å². The number of nitrogens with zero attached hydrogens (tertiary/aromatic N) is 4. The average molecular weight is 481 g/mol. The molecule has 34 heavy (non-hydrogen) atoms. The predicted octanol–water partition coefficient (Wildman–Crippen LogP) is 3.37. The minimum Gasteiger partial charge on any atom is -0.408 e. The van der Waals surface area contributed by atoms with E-state index >= 15 is 0 Å². The van der Waals surface area contributed by atoms with E-state index < -0.39 is 15.8 Å². The largest absolute Gasteiger partial charge is 0.419 e. The Morgan fingerprint density at radius 2 is 1.68 bits per heavy atom. The molecule has 2 aromatic carbocycles. The Balaban J connectivity index is 1.32. The van der Waals surface area contributed by atoms with Crippen LogP contribution in [0.25, 0.3) is 11.1 Å². The number of hydrogen-bond donors (Lipinski definition) is 2. The fourth-order valence-corrected chi connectivity index (χ4v) is 5.01. The minimum absolute atomic E-state index is 0.0319. The van der Waals surface area contributed by atoms with Gasteiger partial charge in [0.05, 0.1) is 10.4 Å². The second-order valence-electron chi connectivity index (χ2n) is 8.25. The molecule has 1 saturated heterocycles. The third-order valence-corrected chi connectivity index (χ3v) is 7.09. The summed E-state index contributed by atoms with van der Waals surface area (Å²) >= 11 is 0. The van der Waals surface area contributed by atoms with Gasteiger partial charge < -0.3 is 14.6 Å². The van der Waals surface area contributed by atoms with Crippen LogP contribution in [0.15, 0.2) is 62.6 Å². The minimum atomic E-state index is -3.86. The highest BCUT2D eigenvalue weighted by Gasteiger charge is 2.18. The number of rotatable bonds is 6. The van der Waals surface area contributed by atoms with Crippen LogP contribution >= 0.6 is 0 Å². The van der Waals surface area contributed by atoms with Crippen molar-refractivity contribution in [1.82, 2.24) is 14.5 Å². The van der Waals surface area contributed by atoms with Crippen molar-refractivity contribution in [3.63, 3.8) is 0 Å². The molecule has 10 nitrogen and oxygen atoms in total. The molecule has 3 heterocycles. The molecule has 1 aliphatic heterocycles. The average Bonchev–Trinajstić information content (AvgIpc) is 3.43. The molecular formula is C23H24N6O4S. The van der Waals surface area contributed by atoms with Gasteiger partial charge in [0.1, 0.15) is 5.82 Å². The maximum atomic E-state index is 12.9. The monoisotopic (exact) mass is 480 g/mol. The lowest BCUT2D eigenvalue weighted by atomic mass is 10.3. The maximum Gasteiger partial charge on any atom is 0.419 e. The fourth-order valence-electron chi connectivity index (χ4n) is 3.93. The summed E-state index contributed by atoms with van der Waals surface area (Å²) in [4.78, 5) is 23.0. The summed E-state index contributed by atoms with van der Waals surface area (Å²) < 4.78 is 34.6. The van der Waals surface area contributed by atoms with Crippen molar-refractivity contribution in [2.75, 3.05) is 28.0 Å². The lowest BCUT2D eigenvalue weighted by Gasteiger charge is -2.17. The van der Waals surface area contributed by atoms with Gasteiger partial charge in [-0.25, -0.2) is 18.2 Å². The molecule has 4 aromatic rings. The summed E-state index contributed by atoms with van der Waals surface area (Å²) in [5, 5.41) is 3.26. The number of sulfonamides is 1. The number of hydrogen-bond acceptors (Lipinski definition) is 8. The van der Waals surface area contributed by atoms with E-state index in [0.29, 0.717) is 22.6 Å². The summed E-state index contributed by atoms with van der Waals surface area (Å²) in [5.41, 5.74) is 2.78. The molecule has 0 spiro atoms. The van der Waals surface area contributed by atoms with Crippen molar-refractivity contribution in [3.8, 4) is 0 Å². The standard InChI is InChI=1S/C23H24N6O4S/c1-15-13-21(26-22(24-15)29-11-3-4-12-29)25-16-5-7-17(8-6-16)27-34(31,32)18-9-10-20-19(14-18)28(2)23(30)33-20/h5-10,13-14,27H,3-4,11-12H2,1-2H3,(H,24,25,26). The molecule has 2 aromatic heterocycles. The number of benzene rings is 2. The first-order chi connectivity index (χ1) is 16.3. The molecule has 0 atom stereocenters.